The first-order chi connectivity index (χ1) is 8.77. The molecule has 0 aromatic rings. The van der Waals surface area contributed by atoms with Crippen LogP contribution in [0, 0.1) is 5.92 Å². The molecule has 0 aromatic carbocycles. The number of piperidine rings is 1. The predicted octanol–water partition coefficient (Wildman–Crippen LogP) is 1.63. The third-order valence-corrected chi connectivity index (χ3v) is 4.21. The molecule has 0 spiro atoms. The van der Waals surface area contributed by atoms with Crippen LogP contribution < -0.4 is 0 Å². The van der Waals surface area contributed by atoms with E-state index in [1.165, 1.54) is 0 Å². The van der Waals surface area contributed by atoms with E-state index in [9.17, 15) is 18.0 Å². The van der Waals surface area contributed by atoms with Gasteiger partial charge in [0.15, 0.2) is 6.10 Å². The number of halogens is 3. The van der Waals surface area contributed by atoms with E-state index in [-0.39, 0.29) is 24.4 Å². The zero-order valence-corrected chi connectivity index (χ0v) is 10.4. The molecule has 0 aliphatic carbocycles. The lowest BCUT2D eigenvalue weighted by Gasteiger charge is -2.39. The molecule has 0 saturated carbocycles. The monoisotopic (exact) mass is 281 g/mol. The molecule has 2 heterocycles. The van der Waals surface area contributed by atoms with Gasteiger partial charge >= 0.3 is 12.1 Å². The highest BCUT2D eigenvalue weighted by atomic mass is 19.4. The molecule has 7 heteroatoms. The summed E-state index contributed by atoms with van der Waals surface area (Å²) in [5, 5.41) is 17.9. The normalized spacial score (nSPS) is 33.4. The van der Waals surface area contributed by atoms with Gasteiger partial charge in [-0.3, -0.25) is 9.69 Å². The fourth-order valence-corrected chi connectivity index (χ4v) is 3.40. The van der Waals surface area contributed by atoms with E-state index in [0.717, 1.165) is 12.8 Å². The van der Waals surface area contributed by atoms with Crippen LogP contribution in [0.4, 0.5) is 13.2 Å². The van der Waals surface area contributed by atoms with Crippen LogP contribution in [-0.4, -0.2) is 52.0 Å². The van der Waals surface area contributed by atoms with Crippen LogP contribution in [0.25, 0.3) is 0 Å². The summed E-state index contributed by atoms with van der Waals surface area (Å²) < 4.78 is 37.1. The highest BCUT2D eigenvalue weighted by molar-refractivity contribution is 5.67. The van der Waals surface area contributed by atoms with E-state index >= 15 is 0 Å². The number of aliphatic hydroxyl groups is 1. The van der Waals surface area contributed by atoms with Crippen LogP contribution >= 0.6 is 0 Å². The topological polar surface area (TPSA) is 60.8 Å². The predicted molar refractivity (Wildman–Crippen MR) is 60.6 cm³/mol. The Morgan fingerprint density at radius 3 is 2.21 bits per heavy atom. The van der Waals surface area contributed by atoms with Crippen molar-refractivity contribution in [2.75, 3.05) is 6.54 Å². The van der Waals surface area contributed by atoms with Gasteiger partial charge in [0.1, 0.15) is 0 Å². The smallest absolute Gasteiger partial charge is 0.415 e. The van der Waals surface area contributed by atoms with E-state index in [4.69, 9.17) is 10.2 Å². The fourth-order valence-electron chi connectivity index (χ4n) is 3.40. The first-order valence-electron chi connectivity index (χ1n) is 6.49. The van der Waals surface area contributed by atoms with E-state index in [2.05, 4.69) is 0 Å². The number of carbonyl (C=O) groups is 1. The number of aliphatic hydroxyl groups excluding tert-OH is 1. The molecule has 0 radical (unpaired) electrons. The summed E-state index contributed by atoms with van der Waals surface area (Å²) in [5.41, 5.74) is 0. The molecule has 2 bridgehead atoms. The fraction of sp³-hybridized carbons (Fsp3) is 0.917. The van der Waals surface area contributed by atoms with Gasteiger partial charge in [-0.1, -0.05) is 0 Å². The van der Waals surface area contributed by atoms with Gasteiger partial charge in [-0.05, 0) is 31.6 Å². The molecule has 0 amide bonds. The van der Waals surface area contributed by atoms with Gasteiger partial charge in [0.05, 0.1) is 0 Å². The highest BCUT2D eigenvalue weighted by Crippen LogP contribution is 2.40. The molecule has 0 aromatic heterocycles. The van der Waals surface area contributed by atoms with Crippen molar-refractivity contribution < 1.29 is 28.2 Å². The Bertz CT molecular complexity index is 334. The van der Waals surface area contributed by atoms with Crippen molar-refractivity contribution in [3.05, 3.63) is 0 Å². The number of carboxylic acid groups (broad SMARTS) is 1. The molecule has 2 N–H and O–H groups in total. The zero-order valence-electron chi connectivity index (χ0n) is 10.4. The molecule has 3 atom stereocenters. The van der Waals surface area contributed by atoms with Crippen LogP contribution in [0.5, 0.6) is 0 Å². The Kier molecular flexibility index (Phi) is 4.06. The Hall–Kier alpha value is -0.820. The Balaban J connectivity index is 1.94. The lowest BCUT2D eigenvalue weighted by molar-refractivity contribution is -0.211. The summed E-state index contributed by atoms with van der Waals surface area (Å²) in [6.45, 7) is -0.390. The van der Waals surface area contributed by atoms with Crippen molar-refractivity contribution in [3.8, 4) is 0 Å². The maximum absolute atomic E-state index is 12.4. The molecule has 110 valence electrons. The Morgan fingerprint density at radius 1 is 1.26 bits per heavy atom. The van der Waals surface area contributed by atoms with Gasteiger partial charge in [0.25, 0.3) is 0 Å². The minimum atomic E-state index is -4.59. The van der Waals surface area contributed by atoms with Gasteiger partial charge in [-0.25, -0.2) is 0 Å². The van der Waals surface area contributed by atoms with Crippen molar-refractivity contribution in [2.45, 2.75) is 56.5 Å². The van der Waals surface area contributed by atoms with Crippen molar-refractivity contribution in [1.29, 1.82) is 0 Å². The third-order valence-electron chi connectivity index (χ3n) is 4.21. The summed E-state index contributed by atoms with van der Waals surface area (Å²) in [6, 6.07) is -0.0276. The van der Waals surface area contributed by atoms with E-state index < -0.39 is 24.8 Å². The molecule has 2 rings (SSSR count). The number of nitrogens with zero attached hydrogens (tertiary/aromatic N) is 1. The van der Waals surface area contributed by atoms with Crippen molar-refractivity contribution in [2.24, 2.45) is 5.92 Å². The molecule has 2 aliphatic rings. The molecule has 2 saturated heterocycles. The Labute approximate surface area is 109 Å². The number of alkyl halides is 3. The average Bonchev–Trinajstić information content (AvgIpc) is 2.51. The Morgan fingerprint density at radius 2 is 1.79 bits per heavy atom. The van der Waals surface area contributed by atoms with Crippen LogP contribution in [0.2, 0.25) is 0 Å². The maximum atomic E-state index is 12.4. The quantitative estimate of drug-likeness (QED) is 0.822. The van der Waals surface area contributed by atoms with Gasteiger partial charge in [0, 0.05) is 25.0 Å². The van der Waals surface area contributed by atoms with Crippen LogP contribution in [0.3, 0.4) is 0 Å². The summed E-state index contributed by atoms with van der Waals surface area (Å²) in [4.78, 5) is 12.4. The molecule has 3 unspecified atom stereocenters. The van der Waals surface area contributed by atoms with E-state index in [1.807, 2.05) is 0 Å². The van der Waals surface area contributed by atoms with E-state index in [1.54, 1.807) is 4.90 Å². The lowest BCUT2D eigenvalue weighted by atomic mass is 9.88. The van der Waals surface area contributed by atoms with Crippen LogP contribution in [-0.2, 0) is 4.79 Å². The largest absolute Gasteiger partial charge is 0.481 e. The van der Waals surface area contributed by atoms with Crippen molar-refractivity contribution in [1.82, 2.24) is 4.90 Å². The minimum absolute atomic E-state index is 0.0138. The summed E-state index contributed by atoms with van der Waals surface area (Å²) in [7, 11) is 0. The zero-order chi connectivity index (χ0) is 14.2. The number of hydrogen-bond donors (Lipinski definition) is 2. The molecule has 2 fully saturated rings. The molecular weight excluding hydrogens is 263 g/mol. The van der Waals surface area contributed by atoms with Gasteiger partial charge < -0.3 is 10.2 Å². The summed E-state index contributed by atoms with van der Waals surface area (Å²) >= 11 is 0. The SMILES string of the molecule is O=C(O)CC1CC2CCC(C1)N2CC(O)C(F)(F)F. The minimum Gasteiger partial charge on any atom is -0.481 e. The number of hydrogen-bond acceptors (Lipinski definition) is 3. The van der Waals surface area contributed by atoms with Crippen molar-refractivity contribution >= 4 is 5.97 Å². The first-order valence-corrected chi connectivity index (χ1v) is 6.49. The maximum Gasteiger partial charge on any atom is 0.415 e. The first kappa shape index (κ1) is 14.6. The summed E-state index contributed by atoms with van der Waals surface area (Å²) in [6.07, 6.45) is -3.98. The second kappa shape index (κ2) is 5.28. The standard InChI is InChI=1S/C12H18F3NO3/c13-12(14,15)10(17)6-16-8-1-2-9(16)4-7(3-8)5-11(18)19/h7-10,17H,1-6H2,(H,18,19). The second-order valence-corrected chi connectivity index (χ2v) is 5.57. The third kappa shape index (κ3) is 3.39. The van der Waals surface area contributed by atoms with E-state index in [0.29, 0.717) is 12.8 Å². The van der Waals surface area contributed by atoms with Crippen LogP contribution in [0.1, 0.15) is 32.1 Å². The molecule has 2 aliphatic heterocycles. The van der Waals surface area contributed by atoms with Gasteiger partial charge in [0.2, 0.25) is 0 Å². The average molecular weight is 281 g/mol. The van der Waals surface area contributed by atoms with Gasteiger partial charge in [-0.15, -0.1) is 0 Å². The molecule has 19 heavy (non-hydrogen) atoms. The lowest BCUT2D eigenvalue weighted by Crippen LogP contribution is -2.49. The summed E-state index contributed by atoms with van der Waals surface area (Å²) in [5.74, 6) is -0.803. The number of carboxylic acids is 1. The number of aliphatic carboxylic acids is 1. The number of fused-ring (bicyclic) bond motifs is 2. The molecule has 4 nitrogen and oxygen atoms in total. The van der Waals surface area contributed by atoms with Crippen LogP contribution in [0.15, 0.2) is 0 Å². The second-order valence-electron chi connectivity index (χ2n) is 5.57. The van der Waals surface area contributed by atoms with Gasteiger partial charge in [-0.2, -0.15) is 13.2 Å². The van der Waals surface area contributed by atoms with Crippen molar-refractivity contribution in [3.63, 3.8) is 0 Å². The molecular formula is C12H18F3NO3. The number of rotatable bonds is 4. The highest BCUT2D eigenvalue weighted by Gasteiger charge is 2.46.